The highest BCUT2D eigenvalue weighted by molar-refractivity contribution is 5.76. The zero-order valence-corrected chi connectivity index (χ0v) is 60.0. The molecule has 0 aromatic heterocycles. The van der Waals surface area contributed by atoms with Crippen molar-refractivity contribution in [2.45, 2.75) is 475 Å². The fourth-order valence-corrected chi connectivity index (χ4v) is 13.1. The first-order valence-corrected chi connectivity index (χ1v) is 40.6. The van der Waals surface area contributed by atoms with Crippen molar-refractivity contribution >= 4 is 11.9 Å². The summed E-state index contributed by atoms with van der Waals surface area (Å²) in [4.78, 5) is 24.7. The molecule has 0 bridgehead atoms. The van der Waals surface area contributed by atoms with Crippen LogP contribution < -0.4 is 5.32 Å². The number of nitrogens with one attached hydrogen (secondary N) is 1. The molecule has 0 aliphatic carbocycles. The van der Waals surface area contributed by atoms with Gasteiger partial charge in [0.15, 0.2) is 0 Å². The number of carbonyl (C=O) groups excluding carboxylic acids is 2. The normalized spacial score (nSPS) is 12.5. The van der Waals surface area contributed by atoms with Crippen molar-refractivity contribution in [1.29, 1.82) is 0 Å². The summed E-state index contributed by atoms with van der Waals surface area (Å²) in [6.07, 6.45) is 99.9. The Hall–Kier alpha value is -1.66. The third-order valence-corrected chi connectivity index (χ3v) is 19.3. The molecule has 3 N–H and O–H groups in total. The zero-order chi connectivity index (χ0) is 63.5. The highest BCUT2D eigenvalue weighted by Gasteiger charge is 2.20. The van der Waals surface area contributed by atoms with Crippen LogP contribution in [0.1, 0.15) is 463 Å². The number of carbonyl (C=O) groups is 2. The van der Waals surface area contributed by atoms with Gasteiger partial charge in [0.1, 0.15) is 0 Å². The fraction of sp³-hybridized carbons (Fsp3) is 0.927. The smallest absolute Gasteiger partial charge is 0.305 e. The van der Waals surface area contributed by atoms with Gasteiger partial charge in [0.05, 0.1) is 25.4 Å². The predicted molar refractivity (Wildman–Crippen MR) is 389 cm³/mol. The molecule has 0 spiro atoms. The molecular formula is C82H159NO5. The molecule has 0 heterocycles. The lowest BCUT2D eigenvalue weighted by Gasteiger charge is -2.22. The van der Waals surface area contributed by atoms with Crippen molar-refractivity contribution in [2.24, 2.45) is 0 Å². The lowest BCUT2D eigenvalue weighted by molar-refractivity contribution is -0.143. The van der Waals surface area contributed by atoms with Crippen molar-refractivity contribution in [3.05, 3.63) is 24.3 Å². The van der Waals surface area contributed by atoms with Crippen LogP contribution in [0.3, 0.4) is 0 Å². The lowest BCUT2D eigenvalue weighted by atomic mass is 10.0. The van der Waals surface area contributed by atoms with Crippen molar-refractivity contribution < 1.29 is 24.5 Å². The third-order valence-electron chi connectivity index (χ3n) is 19.3. The number of ether oxygens (including phenoxy) is 1. The Balaban J connectivity index is 3.33. The molecule has 1 amide bonds. The highest BCUT2D eigenvalue weighted by Crippen LogP contribution is 2.20. The van der Waals surface area contributed by atoms with Crippen molar-refractivity contribution in [1.82, 2.24) is 5.32 Å². The molecule has 88 heavy (non-hydrogen) atoms. The summed E-state index contributed by atoms with van der Waals surface area (Å²) in [5.41, 5.74) is 0. The average molecular weight is 1240 g/mol. The quantitative estimate of drug-likeness (QED) is 0.0320. The van der Waals surface area contributed by atoms with Gasteiger partial charge in [-0.15, -0.1) is 0 Å². The lowest BCUT2D eigenvalue weighted by Crippen LogP contribution is -2.45. The number of esters is 1. The molecule has 0 saturated heterocycles. The molecule has 0 aliphatic rings. The summed E-state index contributed by atoms with van der Waals surface area (Å²) in [7, 11) is 0. The Morgan fingerprint density at radius 3 is 0.886 bits per heavy atom. The van der Waals surface area contributed by atoms with Gasteiger partial charge >= 0.3 is 5.97 Å². The second kappa shape index (κ2) is 77.8. The maximum absolute atomic E-state index is 12.6. The number of unbranched alkanes of at least 4 members (excludes halogenated alkanes) is 62. The Morgan fingerprint density at radius 1 is 0.318 bits per heavy atom. The van der Waals surface area contributed by atoms with Gasteiger partial charge in [0.2, 0.25) is 5.91 Å². The Labute approximate surface area is 551 Å². The second-order valence-electron chi connectivity index (χ2n) is 28.1. The molecule has 0 aromatic rings. The van der Waals surface area contributed by atoms with E-state index >= 15 is 0 Å². The van der Waals surface area contributed by atoms with Crippen LogP contribution in [0.4, 0.5) is 0 Å². The zero-order valence-electron chi connectivity index (χ0n) is 60.0. The van der Waals surface area contributed by atoms with Crippen molar-refractivity contribution in [3.63, 3.8) is 0 Å². The third kappa shape index (κ3) is 73.4. The maximum atomic E-state index is 12.6. The van der Waals surface area contributed by atoms with Crippen LogP contribution in [0.15, 0.2) is 24.3 Å². The van der Waals surface area contributed by atoms with E-state index in [1.165, 1.54) is 379 Å². The summed E-state index contributed by atoms with van der Waals surface area (Å²) >= 11 is 0. The SMILES string of the molecule is CCCCC/C=C\C/C=C\CCCCCCCCCC(=O)OCCCCCCCCCCCCCCCCCCCCCCCCCCCCCCCCC(=O)NC(CO)C(O)CCCCCCCCCCCCCCCCCCCCCCCCCC. The Morgan fingerprint density at radius 2 is 0.568 bits per heavy atom. The maximum Gasteiger partial charge on any atom is 0.305 e. The molecule has 522 valence electrons. The first-order chi connectivity index (χ1) is 43.5. The van der Waals surface area contributed by atoms with Crippen molar-refractivity contribution in [3.8, 4) is 0 Å². The number of allylic oxidation sites excluding steroid dienone is 4. The molecular weight excluding hydrogens is 1080 g/mol. The minimum absolute atomic E-state index is 0.0135. The number of hydrogen-bond donors (Lipinski definition) is 3. The monoisotopic (exact) mass is 1240 g/mol. The van der Waals surface area contributed by atoms with E-state index in [1.807, 2.05) is 0 Å². The highest BCUT2D eigenvalue weighted by atomic mass is 16.5. The first kappa shape index (κ1) is 86.3. The van der Waals surface area contributed by atoms with E-state index in [4.69, 9.17) is 4.74 Å². The van der Waals surface area contributed by atoms with Crippen LogP contribution in [0, 0.1) is 0 Å². The molecule has 6 nitrogen and oxygen atoms in total. The molecule has 2 atom stereocenters. The molecule has 0 aliphatic heterocycles. The molecule has 0 aromatic carbocycles. The van der Waals surface area contributed by atoms with E-state index in [0.29, 0.717) is 25.9 Å². The molecule has 0 radical (unpaired) electrons. The molecule has 6 heteroatoms. The van der Waals surface area contributed by atoms with E-state index in [1.54, 1.807) is 0 Å². The van der Waals surface area contributed by atoms with Crippen LogP contribution in [-0.2, 0) is 14.3 Å². The van der Waals surface area contributed by atoms with Gasteiger partial charge in [-0.05, 0) is 57.8 Å². The summed E-state index contributed by atoms with van der Waals surface area (Å²) in [5, 5.41) is 23.5. The predicted octanol–water partition coefficient (Wildman–Crippen LogP) is 26.8. The summed E-state index contributed by atoms with van der Waals surface area (Å²) < 4.78 is 5.51. The number of amides is 1. The second-order valence-corrected chi connectivity index (χ2v) is 28.1. The van der Waals surface area contributed by atoms with Crippen molar-refractivity contribution in [2.75, 3.05) is 13.2 Å². The van der Waals surface area contributed by atoms with E-state index in [0.717, 1.165) is 51.4 Å². The van der Waals surface area contributed by atoms with Gasteiger partial charge in [0, 0.05) is 12.8 Å². The van der Waals surface area contributed by atoms with Crippen LogP contribution in [-0.4, -0.2) is 47.4 Å². The molecule has 0 rings (SSSR count). The number of aliphatic hydroxyl groups excluding tert-OH is 2. The molecule has 2 unspecified atom stereocenters. The standard InChI is InChI=1S/C82H159NO5/c1-3-5-7-9-11-13-15-17-19-21-22-23-24-33-36-39-43-46-50-54-58-62-66-70-74-80(85)79(78-84)83-81(86)75-71-67-63-59-55-51-47-44-40-37-34-31-29-27-25-26-28-30-32-35-38-41-45-49-53-57-61-65-69-73-77-88-82(87)76-72-68-64-60-56-52-48-42-20-18-16-14-12-10-8-6-4-2/h12,14,18,20,79-80,84-85H,3-11,13,15-17,19,21-78H2,1-2H3,(H,83,86)/b14-12-,20-18-. The largest absolute Gasteiger partial charge is 0.466 e. The van der Waals surface area contributed by atoms with Gasteiger partial charge in [0.25, 0.3) is 0 Å². The van der Waals surface area contributed by atoms with Gasteiger partial charge in [-0.2, -0.15) is 0 Å². The Bertz CT molecular complexity index is 1380. The van der Waals surface area contributed by atoms with Gasteiger partial charge in [-0.1, -0.05) is 417 Å². The topological polar surface area (TPSA) is 95.9 Å². The fourth-order valence-electron chi connectivity index (χ4n) is 13.1. The number of aliphatic hydroxyl groups is 2. The summed E-state index contributed by atoms with van der Waals surface area (Å²) in [6.45, 7) is 4.98. The Kier molecular flexibility index (Phi) is 76.3. The summed E-state index contributed by atoms with van der Waals surface area (Å²) in [5.74, 6) is -0.0117. The number of rotatable bonds is 77. The van der Waals surface area contributed by atoms with Gasteiger partial charge in [-0.25, -0.2) is 0 Å². The van der Waals surface area contributed by atoms with E-state index in [9.17, 15) is 19.8 Å². The first-order valence-electron chi connectivity index (χ1n) is 40.6. The van der Waals surface area contributed by atoms with E-state index in [2.05, 4.69) is 43.5 Å². The molecule has 0 fully saturated rings. The van der Waals surface area contributed by atoms with Crippen LogP contribution in [0.25, 0.3) is 0 Å². The van der Waals surface area contributed by atoms with Crippen LogP contribution in [0.5, 0.6) is 0 Å². The minimum atomic E-state index is -0.663. The van der Waals surface area contributed by atoms with E-state index < -0.39 is 12.1 Å². The van der Waals surface area contributed by atoms with Crippen LogP contribution in [0.2, 0.25) is 0 Å². The average Bonchev–Trinajstić information content (AvgIpc) is 3.58. The minimum Gasteiger partial charge on any atom is -0.466 e. The van der Waals surface area contributed by atoms with E-state index in [-0.39, 0.29) is 18.5 Å². The van der Waals surface area contributed by atoms with Crippen LogP contribution >= 0.6 is 0 Å². The van der Waals surface area contributed by atoms with Gasteiger partial charge < -0.3 is 20.3 Å². The van der Waals surface area contributed by atoms with Gasteiger partial charge in [-0.3, -0.25) is 9.59 Å². The number of hydrogen-bond acceptors (Lipinski definition) is 5. The molecule has 0 saturated carbocycles. The summed E-state index contributed by atoms with van der Waals surface area (Å²) in [6, 6.07) is -0.540.